The number of amides is 1. The highest BCUT2D eigenvalue weighted by Crippen LogP contribution is 2.31. The molecule has 0 heterocycles. The average Bonchev–Trinajstić information content (AvgIpc) is 2.55. The average molecular weight is 299 g/mol. The van der Waals surface area contributed by atoms with Crippen LogP contribution in [0.1, 0.15) is 21.5 Å². The molecule has 4 nitrogen and oxygen atoms in total. The summed E-state index contributed by atoms with van der Waals surface area (Å²) < 4.78 is 10.6. The third kappa shape index (κ3) is 3.58. The summed E-state index contributed by atoms with van der Waals surface area (Å²) in [6.45, 7) is 2.45. The van der Waals surface area contributed by atoms with Crippen LogP contribution in [0, 0.1) is 6.92 Å². The normalized spacial score (nSPS) is 10.1. The van der Waals surface area contributed by atoms with E-state index in [2.05, 4.69) is 5.32 Å². The highest BCUT2D eigenvalue weighted by Gasteiger charge is 2.16. The molecule has 1 amide bonds. The van der Waals surface area contributed by atoms with Crippen LogP contribution in [0.15, 0.2) is 42.5 Å². The van der Waals surface area contributed by atoms with Gasteiger partial charge in [0.05, 0.1) is 19.8 Å². The van der Waals surface area contributed by atoms with E-state index < -0.39 is 0 Å². The van der Waals surface area contributed by atoms with Gasteiger partial charge in [0.1, 0.15) is 11.5 Å². The standard InChI is InChI=1S/C18H21NO3/c1-13-16(21-2)10-9-15(17(13)22-3)18(20)19-12-11-14-7-5-4-6-8-14/h4-10H,11-12H2,1-3H3,(H,19,20). The molecule has 0 radical (unpaired) electrons. The first-order valence-electron chi connectivity index (χ1n) is 7.21. The molecule has 0 spiro atoms. The number of carbonyl (C=O) groups is 1. The molecule has 0 aromatic heterocycles. The Balaban J connectivity index is 2.05. The number of methoxy groups -OCH3 is 2. The Bertz CT molecular complexity index is 638. The molecule has 0 unspecified atom stereocenters. The van der Waals surface area contributed by atoms with Crippen molar-refractivity contribution < 1.29 is 14.3 Å². The maximum atomic E-state index is 12.3. The zero-order valence-electron chi connectivity index (χ0n) is 13.2. The van der Waals surface area contributed by atoms with Gasteiger partial charge in [-0.15, -0.1) is 0 Å². The number of carbonyl (C=O) groups excluding carboxylic acids is 1. The van der Waals surface area contributed by atoms with Crippen molar-refractivity contribution in [2.75, 3.05) is 20.8 Å². The smallest absolute Gasteiger partial charge is 0.255 e. The Morgan fingerprint density at radius 1 is 1.05 bits per heavy atom. The molecule has 0 aliphatic rings. The number of benzene rings is 2. The summed E-state index contributed by atoms with van der Waals surface area (Å²) in [6.07, 6.45) is 0.796. The molecule has 0 aliphatic carbocycles. The molecule has 22 heavy (non-hydrogen) atoms. The Hall–Kier alpha value is -2.49. The summed E-state index contributed by atoms with van der Waals surface area (Å²) in [5.41, 5.74) is 2.54. The van der Waals surface area contributed by atoms with E-state index >= 15 is 0 Å². The number of nitrogens with one attached hydrogen (secondary N) is 1. The zero-order chi connectivity index (χ0) is 15.9. The molecule has 2 aromatic rings. The van der Waals surface area contributed by atoms with Gasteiger partial charge in [-0.05, 0) is 31.0 Å². The molecular formula is C18H21NO3. The third-order valence-corrected chi connectivity index (χ3v) is 3.57. The summed E-state index contributed by atoms with van der Waals surface area (Å²) in [4.78, 5) is 12.3. The van der Waals surface area contributed by atoms with Crippen molar-refractivity contribution in [2.24, 2.45) is 0 Å². The van der Waals surface area contributed by atoms with E-state index in [9.17, 15) is 4.79 Å². The van der Waals surface area contributed by atoms with Crippen molar-refractivity contribution in [1.82, 2.24) is 5.32 Å². The SMILES string of the molecule is COc1ccc(C(=O)NCCc2ccccc2)c(OC)c1C. The van der Waals surface area contributed by atoms with Gasteiger partial charge in [0.2, 0.25) is 0 Å². The van der Waals surface area contributed by atoms with E-state index in [-0.39, 0.29) is 5.91 Å². The molecule has 2 rings (SSSR count). The van der Waals surface area contributed by atoms with Gasteiger partial charge in [0.25, 0.3) is 5.91 Å². The molecule has 4 heteroatoms. The van der Waals surface area contributed by atoms with Gasteiger partial charge >= 0.3 is 0 Å². The summed E-state index contributed by atoms with van der Waals surface area (Å²) in [5, 5.41) is 2.93. The lowest BCUT2D eigenvalue weighted by atomic mass is 10.1. The van der Waals surface area contributed by atoms with Gasteiger partial charge in [-0.25, -0.2) is 0 Å². The van der Waals surface area contributed by atoms with Gasteiger partial charge in [-0.2, -0.15) is 0 Å². The van der Waals surface area contributed by atoms with Gasteiger partial charge < -0.3 is 14.8 Å². The van der Waals surface area contributed by atoms with Crippen molar-refractivity contribution >= 4 is 5.91 Å². The van der Waals surface area contributed by atoms with Gasteiger partial charge in [0, 0.05) is 12.1 Å². The predicted octanol–water partition coefficient (Wildman–Crippen LogP) is 2.98. The minimum absolute atomic E-state index is 0.140. The fourth-order valence-electron chi connectivity index (χ4n) is 2.40. The Morgan fingerprint density at radius 2 is 1.77 bits per heavy atom. The molecule has 2 aromatic carbocycles. The zero-order valence-corrected chi connectivity index (χ0v) is 13.2. The van der Waals surface area contributed by atoms with Crippen molar-refractivity contribution in [3.63, 3.8) is 0 Å². The number of ether oxygens (including phenoxy) is 2. The van der Waals surface area contributed by atoms with Crippen LogP contribution in [-0.2, 0) is 6.42 Å². The predicted molar refractivity (Wildman–Crippen MR) is 86.8 cm³/mol. The molecule has 1 N–H and O–H groups in total. The van der Waals surface area contributed by atoms with Crippen molar-refractivity contribution in [2.45, 2.75) is 13.3 Å². The summed E-state index contributed by atoms with van der Waals surface area (Å²) >= 11 is 0. The van der Waals surface area contributed by atoms with E-state index in [1.54, 1.807) is 26.4 Å². The van der Waals surface area contributed by atoms with E-state index in [0.717, 1.165) is 12.0 Å². The summed E-state index contributed by atoms with van der Waals surface area (Å²) in [6, 6.07) is 13.6. The second-order valence-corrected chi connectivity index (χ2v) is 4.97. The van der Waals surface area contributed by atoms with Crippen LogP contribution in [0.3, 0.4) is 0 Å². The van der Waals surface area contributed by atoms with E-state index in [1.807, 2.05) is 37.3 Å². The minimum Gasteiger partial charge on any atom is -0.496 e. The number of rotatable bonds is 6. The number of hydrogen-bond acceptors (Lipinski definition) is 3. The topological polar surface area (TPSA) is 47.6 Å². The lowest BCUT2D eigenvalue weighted by Crippen LogP contribution is -2.26. The molecule has 0 fully saturated rings. The van der Waals surface area contributed by atoms with Gasteiger partial charge in [0.15, 0.2) is 0 Å². The van der Waals surface area contributed by atoms with Crippen molar-refractivity contribution in [3.8, 4) is 11.5 Å². The second-order valence-electron chi connectivity index (χ2n) is 4.97. The van der Waals surface area contributed by atoms with Gasteiger partial charge in [-0.1, -0.05) is 30.3 Å². The van der Waals surface area contributed by atoms with Crippen molar-refractivity contribution in [3.05, 3.63) is 59.2 Å². The first kappa shape index (κ1) is 15.9. The van der Waals surface area contributed by atoms with Crippen LogP contribution in [0.5, 0.6) is 11.5 Å². The highest BCUT2D eigenvalue weighted by atomic mass is 16.5. The Morgan fingerprint density at radius 3 is 2.41 bits per heavy atom. The van der Waals surface area contributed by atoms with Crippen molar-refractivity contribution in [1.29, 1.82) is 0 Å². The Kier molecular flexibility index (Phi) is 5.42. The van der Waals surface area contributed by atoms with Gasteiger partial charge in [-0.3, -0.25) is 4.79 Å². The second kappa shape index (κ2) is 7.50. The molecule has 0 aliphatic heterocycles. The van der Waals surface area contributed by atoms with Crippen LogP contribution in [0.25, 0.3) is 0 Å². The van der Waals surface area contributed by atoms with Crippen LogP contribution in [0.4, 0.5) is 0 Å². The number of hydrogen-bond donors (Lipinski definition) is 1. The van der Waals surface area contributed by atoms with E-state index in [0.29, 0.717) is 23.6 Å². The van der Waals surface area contributed by atoms with Crippen LogP contribution in [-0.4, -0.2) is 26.7 Å². The highest BCUT2D eigenvalue weighted by molar-refractivity contribution is 5.97. The molecule has 116 valence electrons. The fraction of sp³-hybridized carbons (Fsp3) is 0.278. The Labute approximate surface area is 131 Å². The molecular weight excluding hydrogens is 278 g/mol. The first-order valence-corrected chi connectivity index (χ1v) is 7.21. The summed E-state index contributed by atoms with van der Waals surface area (Å²) in [5.74, 6) is 1.12. The molecule has 0 atom stereocenters. The maximum absolute atomic E-state index is 12.3. The van der Waals surface area contributed by atoms with Crippen LogP contribution < -0.4 is 14.8 Å². The van der Waals surface area contributed by atoms with E-state index in [1.165, 1.54) is 5.56 Å². The largest absolute Gasteiger partial charge is 0.496 e. The summed E-state index contributed by atoms with van der Waals surface area (Å²) in [7, 11) is 3.16. The lowest BCUT2D eigenvalue weighted by molar-refractivity contribution is 0.0951. The third-order valence-electron chi connectivity index (χ3n) is 3.57. The van der Waals surface area contributed by atoms with Crippen LogP contribution in [0.2, 0.25) is 0 Å². The van der Waals surface area contributed by atoms with Crippen LogP contribution >= 0.6 is 0 Å². The fourth-order valence-corrected chi connectivity index (χ4v) is 2.40. The first-order chi connectivity index (χ1) is 10.7. The minimum atomic E-state index is -0.140. The van der Waals surface area contributed by atoms with E-state index in [4.69, 9.17) is 9.47 Å². The monoisotopic (exact) mass is 299 g/mol. The maximum Gasteiger partial charge on any atom is 0.255 e. The molecule has 0 saturated carbocycles. The molecule has 0 saturated heterocycles. The lowest BCUT2D eigenvalue weighted by Gasteiger charge is -2.14. The quantitative estimate of drug-likeness (QED) is 0.892. The molecule has 0 bridgehead atoms.